The number of hydrogen-bond acceptors (Lipinski definition) is 3. The standard InChI is InChI=1S/C19H28N2O3/c1-14-11-21(12-18(24-14)13-23-2)19(22)20-8-7-15-9-16-5-3-4-6-17(16)10-15/h3-6,14-15,18H,7-13H2,1-2H3,(H,20,22). The van der Waals surface area contributed by atoms with Crippen LogP contribution in [0.25, 0.3) is 0 Å². The normalized spacial score (nSPS) is 24.0. The van der Waals surface area contributed by atoms with Gasteiger partial charge in [0, 0.05) is 20.2 Å². The second-order valence-corrected chi connectivity index (χ2v) is 6.99. The number of morpholine rings is 1. The Morgan fingerprint density at radius 3 is 2.67 bits per heavy atom. The summed E-state index contributed by atoms with van der Waals surface area (Å²) in [6.07, 6.45) is 3.32. The van der Waals surface area contributed by atoms with Crippen molar-refractivity contribution < 1.29 is 14.3 Å². The molecule has 5 heteroatoms. The second kappa shape index (κ2) is 7.99. The van der Waals surface area contributed by atoms with Gasteiger partial charge in [-0.2, -0.15) is 0 Å². The predicted octanol–water partition coefficient (Wildman–Crippen LogP) is 2.24. The number of nitrogens with zero attached hydrogens (tertiary/aromatic N) is 1. The van der Waals surface area contributed by atoms with Gasteiger partial charge < -0.3 is 19.7 Å². The zero-order valence-corrected chi connectivity index (χ0v) is 14.7. The van der Waals surface area contributed by atoms with Gasteiger partial charge in [-0.25, -0.2) is 4.79 Å². The molecule has 1 aromatic carbocycles. The molecular formula is C19H28N2O3. The SMILES string of the molecule is COCC1CN(C(=O)NCCC2Cc3ccccc3C2)CC(C)O1. The first-order chi connectivity index (χ1) is 11.7. The van der Waals surface area contributed by atoms with E-state index in [-0.39, 0.29) is 18.2 Å². The minimum atomic E-state index is -0.0335. The van der Waals surface area contributed by atoms with Crippen molar-refractivity contribution in [2.75, 3.05) is 33.4 Å². The largest absolute Gasteiger partial charge is 0.382 e. The number of methoxy groups -OCH3 is 1. The van der Waals surface area contributed by atoms with E-state index in [0.717, 1.165) is 25.8 Å². The van der Waals surface area contributed by atoms with E-state index in [1.165, 1.54) is 11.1 Å². The average Bonchev–Trinajstić information content (AvgIpc) is 2.97. The Kier molecular flexibility index (Phi) is 5.74. The van der Waals surface area contributed by atoms with E-state index in [1.807, 2.05) is 11.8 Å². The van der Waals surface area contributed by atoms with Crippen molar-refractivity contribution in [3.63, 3.8) is 0 Å². The first-order valence-corrected chi connectivity index (χ1v) is 8.89. The lowest BCUT2D eigenvalue weighted by Gasteiger charge is -2.36. The summed E-state index contributed by atoms with van der Waals surface area (Å²) in [7, 11) is 1.66. The molecule has 0 bridgehead atoms. The Labute approximate surface area is 144 Å². The van der Waals surface area contributed by atoms with Gasteiger partial charge in [-0.15, -0.1) is 0 Å². The molecule has 132 valence electrons. The highest BCUT2D eigenvalue weighted by molar-refractivity contribution is 5.74. The molecular weight excluding hydrogens is 304 g/mol. The lowest BCUT2D eigenvalue weighted by molar-refractivity contribution is -0.0896. The van der Waals surface area contributed by atoms with Gasteiger partial charge in [0.1, 0.15) is 0 Å². The quantitative estimate of drug-likeness (QED) is 0.900. The van der Waals surface area contributed by atoms with Gasteiger partial charge in [-0.1, -0.05) is 24.3 Å². The van der Waals surface area contributed by atoms with E-state index in [2.05, 4.69) is 29.6 Å². The average molecular weight is 332 g/mol. The van der Waals surface area contributed by atoms with Crippen LogP contribution in [0, 0.1) is 5.92 Å². The first-order valence-electron chi connectivity index (χ1n) is 8.89. The first kappa shape index (κ1) is 17.2. The summed E-state index contributed by atoms with van der Waals surface area (Å²) < 4.78 is 10.9. The van der Waals surface area contributed by atoms with Crippen LogP contribution in [0.1, 0.15) is 24.5 Å². The summed E-state index contributed by atoms with van der Waals surface area (Å²) in [5.41, 5.74) is 2.94. The van der Waals surface area contributed by atoms with Crippen molar-refractivity contribution in [1.29, 1.82) is 0 Å². The van der Waals surface area contributed by atoms with E-state index in [9.17, 15) is 4.79 Å². The third-order valence-electron chi connectivity index (χ3n) is 4.93. The summed E-state index contributed by atoms with van der Waals surface area (Å²) in [6.45, 7) is 4.49. The van der Waals surface area contributed by atoms with Crippen LogP contribution in [-0.4, -0.2) is 56.5 Å². The fraction of sp³-hybridized carbons (Fsp3) is 0.632. The molecule has 0 spiro atoms. The highest BCUT2D eigenvalue weighted by atomic mass is 16.5. The number of fused-ring (bicyclic) bond motifs is 1. The summed E-state index contributed by atoms with van der Waals surface area (Å²) in [4.78, 5) is 14.3. The summed E-state index contributed by atoms with van der Waals surface area (Å²) >= 11 is 0. The highest BCUT2D eigenvalue weighted by Crippen LogP contribution is 2.28. The Bertz CT molecular complexity index is 538. The highest BCUT2D eigenvalue weighted by Gasteiger charge is 2.28. The van der Waals surface area contributed by atoms with E-state index < -0.39 is 0 Å². The Morgan fingerprint density at radius 2 is 2.00 bits per heavy atom. The van der Waals surface area contributed by atoms with Gasteiger partial charge in [-0.05, 0) is 43.2 Å². The maximum absolute atomic E-state index is 12.4. The number of carbonyl (C=O) groups excluding carboxylic acids is 1. The van der Waals surface area contributed by atoms with Crippen LogP contribution in [0.4, 0.5) is 4.79 Å². The van der Waals surface area contributed by atoms with E-state index in [0.29, 0.717) is 25.6 Å². The molecule has 3 rings (SSSR count). The maximum Gasteiger partial charge on any atom is 0.317 e. The van der Waals surface area contributed by atoms with Crippen molar-refractivity contribution in [3.05, 3.63) is 35.4 Å². The smallest absolute Gasteiger partial charge is 0.317 e. The molecule has 1 saturated heterocycles. The maximum atomic E-state index is 12.4. The Morgan fingerprint density at radius 1 is 1.29 bits per heavy atom. The van der Waals surface area contributed by atoms with E-state index in [4.69, 9.17) is 9.47 Å². The van der Waals surface area contributed by atoms with Gasteiger partial charge in [0.15, 0.2) is 0 Å². The predicted molar refractivity (Wildman–Crippen MR) is 93.1 cm³/mol. The summed E-state index contributed by atoms with van der Waals surface area (Å²) in [6, 6.07) is 8.68. The summed E-state index contributed by atoms with van der Waals surface area (Å²) in [5.74, 6) is 0.646. The molecule has 0 aromatic heterocycles. The lowest BCUT2D eigenvalue weighted by Crippen LogP contribution is -2.53. The molecule has 0 radical (unpaired) electrons. The Hall–Kier alpha value is -1.59. The number of hydrogen-bond donors (Lipinski definition) is 1. The fourth-order valence-corrected chi connectivity index (χ4v) is 3.84. The zero-order valence-electron chi connectivity index (χ0n) is 14.7. The zero-order chi connectivity index (χ0) is 16.9. The molecule has 1 aliphatic carbocycles. The van der Waals surface area contributed by atoms with Gasteiger partial charge in [0.25, 0.3) is 0 Å². The van der Waals surface area contributed by atoms with Crippen molar-refractivity contribution >= 4 is 6.03 Å². The molecule has 1 aromatic rings. The number of amides is 2. The number of carbonyl (C=O) groups is 1. The van der Waals surface area contributed by atoms with Gasteiger partial charge in [0.2, 0.25) is 0 Å². The van der Waals surface area contributed by atoms with Crippen LogP contribution in [0.5, 0.6) is 0 Å². The minimum absolute atomic E-state index is 0.0155. The molecule has 2 amide bonds. The number of benzene rings is 1. The van der Waals surface area contributed by atoms with Gasteiger partial charge in [0.05, 0.1) is 25.4 Å². The molecule has 1 heterocycles. The van der Waals surface area contributed by atoms with Crippen LogP contribution in [0.3, 0.4) is 0 Å². The topological polar surface area (TPSA) is 50.8 Å². The van der Waals surface area contributed by atoms with Crippen LogP contribution >= 0.6 is 0 Å². The van der Waals surface area contributed by atoms with Gasteiger partial charge >= 0.3 is 6.03 Å². The van der Waals surface area contributed by atoms with Gasteiger partial charge in [-0.3, -0.25) is 0 Å². The Balaban J connectivity index is 1.41. The van der Waals surface area contributed by atoms with Crippen molar-refractivity contribution in [3.8, 4) is 0 Å². The van der Waals surface area contributed by atoms with Crippen LogP contribution < -0.4 is 5.32 Å². The molecule has 2 aliphatic rings. The third kappa shape index (κ3) is 4.28. The van der Waals surface area contributed by atoms with Crippen molar-refractivity contribution in [2.45, 2.75) is 38.4 Å². The fourth-order valence-electron chi connectivity index (χ4n) is 3.84. The van der Waals surface area contributed by atoms with E-state index in [1.54, 1.807) is 7.11 Å². The molecule has 1 fully saturated rings. The summed E-state index contributed by atoms with van der Waals surface area (Å²) in [5, 5.41) is 3.08. The molecule has 2 unspecified atom stereocenters. The minimum Gasteiger partial charge on any atom is -0.382 e. The monoisotopic (exact) mass is 332 g/mol. The van der Waals surface area contributed by atoms with Crippen LogP contribution in [-0.2, 0) is 22.3 Å². The molecule has 1 aliphatic heterocycles. The lowest BCUT2D eigenvalue weighted by atomic mass is 10.0. The van der Waals surface area contributed by atoms with E-state index >= 15 is 0 Å². The number of rotatable bonds is 5. The van der Waals surface area contributed by atoms with Crippen LogP contribution in [0.15, 0.2) is 24.3 Å². The van der Waals surface area contributed by atoms with Crippen LogP contribution in [0.2, 0.25) is 0 Å². The molecule has 2 atom stereocenters. The molecule has 0 saturated carbocycles. The molecule has 24 heavy (non-hydrogen) atoms. The van der Waals surface area contributed by atoms with Crippen molar-refractivity contribution in [1.82, 2.24) is 10.2 Å². The number of nitrogens with one attached hydrogen (secondary N) is 1. The van der Waals surface area contributed by atoms with Crippen molar-refractivity contribution in [2.24, 2.45) is 5.92 Å². The molecule has 1 N–H and O–H groups in total. The molecule has 5 nitrogen and oxygen atoms in total. The second-order valence-electron chi connectivity index (χ2n) is 6.99. The third-order valence-corrected chi connectivity index (χ3v) is 4.93. The number of urea groups is 1. The number of ether oxygens (including phenoxy) is 2.